The van der Waals surface area contributed by atoms with E-state index in [0.29, 0.717) is 12.5 Å². The normalized spacial score (nSPS) is 24.4. The molecule has 18 heavy (non-hydrogen) atoms. The fourth-order valence-electron chi connectivity index (χ4n) is 3.27. The zero-order chi connectivity index (χ0) is 13.0. The molecule has 0 aliphatic heterocycles. The number of rotatable bonds is 5. The first-order valence-electron chi connectivity index (χ1n) is 7.34. The van der Waals surface area contributed by atoms with Gasteiger partial charge in [0.25, 0.3) is 0 Å². The molecule has 1 aliphatic carbocycles. The van der Waals surface area contributed by atoms with E-state index in [1.807, 2.05) is 11.7 Å². The first-order chi connectivity index (χ1) is 8.76. The Balaban J connectivity index is 1.94. The molecule has 4 heteroatoms. The van der Waals surface area contributed by atoms with Crippen molar-refractivity contribution in [2.45, 2.75) is 64.3 Å². The molecule has 0 radical (unpaired) electrons. The van der Waals surface area contributed by atoms with E-state index in [0.717, 1.165) is 11.6 Å². The fraction of sp³-hybridized carbons (Fsp3) is 0.857. The lowest BCUT2D eigenvalue weighted by Gasteiger charge is -2.28. The summed E-state index contributed by atoms with van der Waals surface area (Å²) in [6.07, 6.45) is 9.40. The molecule has 0 amide bonds. The second kappa shape index (κ2) is 6.32. The van der Waals surface area contributed by atoms with E-state index >= 15 is 0 Å². The van der Waals surface area contributed by atoms with Gasteiger partial charge in [-0.3, -0.25) is 4.68 Å². The summed E-state index contributed by atoms with van der Waals surface area (Å²) in [4.78, 5) is 0. The van der Waals surface area contributed by atoms with Gasteiger partial charge in [-0.15, -0.1) is 5.10 Å². The van der Waals surface area contributed by atoms with Gasteiger partial charge in [0, 0.05) is 19.5 Å². The van der Waals surface area contributed by atoms with Crippen LogP contribution in [0.1, 0.15) is 69.2 Å². The molecule has 0 aromatic carbocycles. The van der Waals surface area contributed by atoms with Crippen LogP contribution in [0.25, 0.3) is 0 Å². The number of hydrogen-bond acceptors (Lipinski definition) is 3. The van der Waals surface area contributed by atoms with Gasteiger partial charge < -0.3 is 5.73 Å². The Hall–Kier alpha value is -0.900. The Morgan fingerprint density at radius 3 is 2.61 bits per heavy atom. The number of nitrogens with two attached hydrogens (primary N) is 1. The molecule has 0 bridgehead atoms. The van der Waals surface area contributed by atoms with Crippen LogP contribution >= 0.6 is 0 Å². The monoisotopic (exact) mass is 250 g/mol. The molecule has 1 fully saturated rings. The zero-order valence-corrected chi connectivity index (χ0v) is 11.7. The molecule has 0 atom stereocenters. The fourth-order valence-corrected chi connectivity index (χ4v) is 3.27. The summed E-state index contributed by atoms with van der Waals surface area (Å²) in [5.41, 5.74) is 8.03. The molecule has 0 unspecified atom stereocenters. The highest BCUT2D eigenvalue weighted by Crippen LogP contribution is 2.38. The summed E-state index contributed by atoms with van der Waals surface area (Å²) in [5.74, 6) is 1.57. The van der Waals surface area contributed by atoms with Crippen LogP contribution in [0.3, 0.4) is 0 Å². The lowest BCUT2D eigenvalue weighted by atomic mass is 9.78. The van der Waals surface area contributed by atoms with Crippen LogP contribution in [0, 0.1) is 5.92 Å². The third-order valence-corrected chi connectivity index (χ3v) is 4.34. The molecular weight excluding hydrogens is 224 g/mol. The summed E-state index contributed by atoms with van der Waals surface area (Å²) < 4.78 is 1.93. The lowest BCUT2D eigenvalue weighted by Crippen LogP contribution is -2.17. The summed E-state index contributed by atoms with van der Waals surface area (Å²) in [6, 6.07) is 0. The zero-order valence-electron chi connectivity index (χ0n) is 11.7. The predicted octanol–water partition coefficient (Wildman–Crippen LogP) is 2.74. The Morgan fingerprint density at radius 2 is 2.00 bits per heavy atom. The van der Waals surface area contributed by atoms with E-state index < -0.39 is 0 Å². The number of aryl methyl sites for hydroxylation is 1. The number of nitrogens with zero attached hydrogens (tertiary/aromatic N) is 3. The Bertz CT molecular complexity index is 364. The maximum absolute atomic E-state index is 5.75. The van der Waals surface area contributed by atoms with E-state index in [1.165, 1.54) is 50.6 Å². The molecule has 0 saturated heterocycles. The van der Waals surface area contributed by atoms with Crippen LogP contribution in [0.15, 0.2) is 0 Å². The van der Waals surface area contributed by atoms with Gasteiger partial charge in [-0.1, -0.05) is 31.4 Å². The van der Waals surface area contributed by atoms with Crippen molar-refractivity contribution in [3.63, 3.8) is 0 Å². The molecule has 2 rings (SSSR count). The average Bonchev–Trinajstić information content (AvgIpc) is 2.78. The molecule has 0 spiro atoms. The molecular formula is C14H26N4. The Morgan fingerprint density at radius 1 is 1.28 bits per heavy atom. The van der Waals surface area contributed by atoms with E-state index in [4.69, 9.17) is 5.73 Å². The molecule has 1 heterocycles. The van der Waals surface area contributed by atoms with Crippen molar-refractivity contribution in [2.24, 2.45) is 18.7 Å². The minimum Gasteiger partial charge on any atom is -0.325 e. The summed E-state index contributed by atoms with van der Waals surface area (Å²) in [7, 11) is 1.99. The highest BCUT2D eigenvalue weighted by Gasteiger charge is 2.26. The lowest BCUT2D eigenvalue weighted by molar-refractivity contribution is 0.297. The van der Waals surface area contributed by atoms with Crippen LogP contribution in [0.4, 0.5) is 0 Å². The standard InChI is InChI=1S/C14H26N4/c1-3-4-5-11-6-8-12(9-7-11)14-13(10-15)16-17-18(14)2/h11-12H,3-10,15H2,1-2H3. The number of hydrogen-bond donors (Lipinski definition) is 1. The first-order valence-corrected chi connectivity index (χ1v) is 7.34. The maximum atomic E-state index is 5.75. The van der Waals surface area contributed by atoms with Crippen molar-refractivity contribution in [2.75, 3.05) is 0 Å². The van der Waals surface area contributed by atoms with Gasteiger partial charge in [-0.25, -0.2) is 0 Å². The van der Waals surface area contributed by atoms with Crippen molar-refractivity contribution in [3.05, 3.63) is 11.4 Å². The van der Waals surface area contributed by atoms with Crippen LogP contribution in [-0.2, 0) is 13.6 Å². The predicted molar refractivity (Wildman–Crippen MR) is 73.1 cm³/mol. The van der Waals surface area contributed by atoms with E-state index in [-0.39, 0.29) is 0 Å². The van der Waals surface area contributed by atoms with Crippen molar-refractivity contribution in [1.82, 2.24) is 15.0 Å². The van der Waals surface area contributed by atoms with Crippen molar-refractivity contribution < 1.29 is 0 Å². The first kappa shape index (κ1) is 13.5. The maximum Gasteiger partial charge on any atom is 0.0997 e. The molecule has 4 nitrogen and oxygen atoms in total. The third kappa shape index (κ3) is 2.91. The van der Waals surface area contributed by atoms with Crippen molar-refractivity contribution in [3.8, 4) is 0 Å². The molecule has 102 valence electrons. The van der Waals surface area contributed by atoms with Gasteiger partial charge in [0.05, 0.1) is 11.4 Å². The van der Waals surface area contributed by atoms with Crippen LogP contribution in [0.5, 0.6) is 0 Å². The summed E-state index contributed by atoms with van der Waals surface area (Å²) in [6.45, 7) is 2.79. The quantitative estimate of drug-likeness (QED) is 0.874. The van der Waals surface area contributed by atoms with Gasteiger partial charge in [0.2, 0.25) is 0 Å². The van der Waals surface area contributed by atoms with Crippen LogP contribution in [-0.4, -0.2) is 15.0 Å². The van der Waals surface area contributed by atoms with Gasteiger partial charge in [0.1, 0.15) is 0 Å². The van der Waals surface area contributed by atoms with Crippen molar-refractivity contribution in [1.29, 1.82) is 0 Å². The second-order valence-electron chi connectivity index (χ2n) is 5.61. The molecule has 1 saturated carbocycles. The number of unbranched alkanes of at least 4 members (excludes halogenated alkanes) is 1. The molecule has 1 aliphatic rings. The van der Waals surface area contributed by atoms with Crippen molar-refractivity contribution >= 4 is 0 Å². The van der Waals surface area contributed by atoms with Crippen LogP contribution < -0.4 is 5.73 Å². The summed E-state index contributed by atoms with van der Waals surface area (Å²) >= 11 is 0. The van der Waals surface area contributed by atoms with Crippen LogP contribution in [0.2, 0.25) is 0 Å². The minimum atomic E-state index is 0.513. The smallest absolute Gasteiger partial charge is 0.0997 e. The third-order valence-electron chi connectivity index (χ3n) is 4.34. The topological polar surface area (TPSA) is 56.7 Å². The van der Waals surface area contributed by atoms with Gasteiger partial charge >= 0.3 is 0 Å². The number of aromatic nitrogens is 3. The summed E-state index contributed by atoms with van der Waals surface area (Å²) in [5, 5.41) is 8.28. The van der Waals surface area contributed by atoms with Gasteiger partial charge in [-0.05, 0) is 31.6 Å². The highest BCUT2D eigenvalue weighted by molar-refractivity contribution is 5.16. The highest BCUT2D eigenvalue weighted by atomic mass is 15.4. The van der Waals surface area contributed by atoms with Gasteiger partial charge in [0.15, 0.2) is 0 Å². The molecule has 2 N–H and O–H groups in total. The molecule has 1 aromatic heterocycles. The largest absolute Gasteiger partial charge is 0.325 e. The van der Waals surface area contributed by atoms with E-state index in [2.05, 4.69) is 17.2 Å². The van der Waals surface area contributed by atoms with E-state index in [9.17, 15) is 0 Å². The Kier molecular flexibility index (Phi) is 4.75. The minimum absolute atomic E-state index is 0.513. The van der Waals surface area contributed by atoms with Gasteiger partial charge in [-0.2, -0.15) is 0 Å². The second-order valence-corrected chi connectivity index (χ2v) is 5.61. The van der Waals surface area contributed by atoms with E-state index in [1.54, 1.807) is 0 Å². The Labute approximate surface area is 110 Å². The SMILES string of the molecule is CCCCC1CCC(c2c(CN)nnn2C)CC1. The molecule has 1 aromatic rings. The average molecular weight is 250 g/mol.